The van der Waals surface area contributed by atoms with Gasteiger partial charge in [-0.05, 0) is 30.7 Å². The third-order valence-electron chi connectivity index (χ3n) is 5.31. The highest BCUT2D eigenvalue weighted by Gasteiger charge is 2.26. The molecule has 2 amide bonds. The Hall–Kier alpha value is -2.77. The SMILES string of the molecule is Cc1nc(-c2ccc(CC(=O)N3CCN(C(=O)c4ccc(F)cc4Cl)CC3)cc2)cs1. The van der Waals surface area contributed by atoms with Gasteiger partial charge >= 0.3 is 0 Å². The molecule has 0 bridgehead atoms. The van der Waals surface area contributed by atoms with Crippen LogP contribution < -0.4 is 0 Å². The summed E-state index contributed by atoms with van der Waals surface area (Å²) in [6.45, 7) is 3.72. The number of amides is 2. The molecule has 3 aromatic rings. The Labute approximate surface area is 189 Å². The fourth-order valence-electron chi connectivity index (χ4n) is 3.57. The van der Waals surface area contributed by atoms with Crippen LogP contribution in [0.25, 0.3) is 11.3 Å². The van der Waals surface area contributed by atoms with Crippen molar-refractivity contribution in [1.29, 1.82) is 0 Å². The largest absolute Gasteiger partial charge is 0.339 e. The number of nitrogens with zero attached hydrogens (tertiary/aromatic N) is 3. The molecule has 0 N–H and O–H groups in total. The Balaban J connectivity index is 1.32. The van der Waals surface area contributed by atoms with E-state index in [1.165, 1.54) is 12.1 Å². The van der Waals surface area contributed by atoms with Gasteiger partial charge in [0.25, 0.3) is 5.91 Å². The lowest BCUT2D eigenvalue weighted by molar-refractivity contribution is -0.131. The molecule has 0 aliphatic carbocycles. The summed E-state index contributed by atoms with van der Waals surface area (Å²) in [5.74, 6) is -0.694. The van der Waals surface area contributed by atoms with Gasteiger partial charge in [-0.3, -0.25) is 9.59 Å². The highest BCUT2D eigenvalue weighted by molar-refractivity contribution is 7.09. The molecule has 1 aliphatic heterocycles. The standard InChI is InChI=1S/C23H21ClFN3O2S/c1-15-26-21(14-31-15)17-4-2-16(3-5-17)12-22(29)27-8-10-28(11-9-27)23(30)19-7-6-18(25)13-20(19)24/h2-7,13-14H,8-12H2,1H3. The Morgan fingerprint density at radius 2 is 1.74 bits per heavy atom. The maximum absolute atomic E-state index is 13.2. The van der Waals surface area contributed by atoms with Crippen LogP contribution in [0.1, 0.15) is 20.9 Å². The van der Waals surface area contributed by atoms with Crippen molar-refractivity contribution in [2.45, 2.75) is 13.3 Å². The van der Waals surface area contributed by atoms with Gasteiger partial charge in [0.2, 0.25) is 5.91 Å². The van der Waals surface area contributed by atoms with Crippen molar-refractivity contribution < 1.29 is 14.0 Å². The van der Waals surface area contributed by atoms with Gasteiger partial charge in [-0.1, -0.05) is 35.9 Å². The first-order valence-electron chi connectivity index (χ1n) is 9.94. The van der Waals surface area contributed by atoms with E-state index in [2.05, 4.69) is 4.98 Å². The van der Waals surface area contributed by atoms with Crippen molar-refractivity contribution in [1.82, 2.24) is 14.8 Å². The van der Waals surface area contributed by atoms with E-state index in [9.17, 15) is 14.0 Å². The lowest BCUT2D eigenvalue weighted by Gasteiger charge is -2.35. The van der Waals surface area contributed by atoms with Gasteiger partial charge in [-0.2, -0.15) is 0 Å². The number of thiazole rings is 1. The van der Waals surface area contributed by atoms with Crippen molar-refractivity contribution in [3.05, 3.63) is 74.8 Å². The first-order valence-corrected chi connectivity index (χ1v) is 11.2. The number of aromatic nitrogens is 1. The van der Waals surface area contributed by atoms with Crippen LogP contribution in [0.2, 0.25) is 5.02 Å². The molecule has 0 radical (unpaired) electrons. The van der Waals surface area contributed by atoms with Crippen LogP contribution in [0.3, 0.4) is 0 Å². The number of hydrogen-bond acceptors (Lipinski definition) is 4. The zero-order valence-corrected chi connectivity index (χ0v) is 18.5. The average molecular weight is 458 g/mol. The molecule has 1 saturated heterocycles. The zero-order valence-electron chi connectivity index (χ0n) is 17.0. The molecular formula is C23H21ClFN3O2S. The number of carbonyl (C=O) groups excluding carboxylic acids is 2. The molecular weight excluding hydrogens is 437 g/mol. The molecule has 0 atom stereocenters. The van der Waals surface area contributed by atoms with Crippen LogP contribution in [0.4, 0.5) is 4.39 Å². The molecule has 1 aromatic heterocycles. The summed E-state index contributed by atoms with van der Waals surface area (Å²) in [6, 6.07) is 11.6. The Morgan fingerprint density at radius 1 is 1.06 bits per heavy atom. The van der Waals surface area contributed by atoms with E-state index in [0.29, 0.717) is 32.6 Å². The van der Waals surface area contributed by atoms with Crippen LogP contribution in [0.15, 0.2) is 47.8 Å². The van der Waals surface area contributed by atoms with Gasteiger partial charge in [-0.15, -0.1) is 11.3 Å². The molecule has 160 valence electrons. The van der Waals surface area contributed by atoms with Crippen molar-refractivity contribution >= 4 is 34.8 Å². The van der Waals surface area contributed by atoms with Gasteiger partial charge in [0.05, 0.1) is 27.7 Å². The Morgan fingerprint density at radius 3 is 2.35 bits per heavy atom. The number of aryl methyl sites for hydroxylation is 1. The maximum Gasteiger partial charge on any atom is 0.255 e. The average Bonchev–Trinajstić information content (AvgIpc) is 3.20. The van der Waals surface area contributed by atoms with Crippen molar-refractivity contribution in [2.75, 3.05) is 26.2 Å². The summed E-state index contributed by atoms with van der Waals surface area (Å²) in [4.78, 5) is 33.3. The van der Waals surface area contributed by atoms with E-state index in [1.807, 2.05) is 36.6 Å². The maximum atomic E-state index is 13.2. The Bertz CT molecular complexity index is 1110. The third-order valence-corrected chi connectivity index (χ3v) is 6.39. The van der Waals surface area contributed by atoms with Gasteiger partial charge in [-0.25, -0.2) is 9.37 Å². The minimum Gasteiger partial charge on any atom is -0.339 e. The molecule has 2 heterocycles. The Kier molecular flexibility index (Phi) is 6.34. The number of piperazine rings is 1. The number of hydrogen-bond donors (Lipinski definition) is 0. The molecule has 0 saturated carbocycles. The van der Waals surface area contributed by atoms with Crippen molar-refractivity contribution in [3.8, 4) is 11.3 Å². The van der Waals surface area contributed by atoms with E-state index < -0.39 is 5.82 Å². The first-order chi connectivity index (χ1) is 14.9. The summed E-state index contributed by atoms with van der Waals surface area (Å²) in [5.41, 5.74) is 3.20. The number of benzene rings is 2. The highest BCUT2D eigenvalue weighted by atomic mass is 35.5. The minimum absolute atomic E-state index is 0.0316. The second-order valence-electron chi connectivity index (χ2n) is 7.42. The van der Waals surface area contributed by atoms with Crippen LogP contribution in [0, 0.1) is 12.7 Å². The predicted molar refractivity (Wildman–Crippen MR) is 120 cm³/mol. The lowest BCUT2D eigenvalue weighted by atomic mass is 10.1. The summed E-state index contributed by atoms with van der Waals surface area (Å²) in [7, 11) is 0. The van der Waals surface area contributed by atoms with Crippen LogP contribution in [-0.2, 0) is 11.2 Å². The smallest absolute Gasteiger partial charge is 0.255 e. The van der Waals surface area contributed by atoms with E-state index >= 15 is 0 Å². The molecule has 1 fully saturated rings. The molecule has 5 nitrogen and oxygen atoms in total. The summed E-state index contributed by atoms with van der Waals surface area (Å²) in [6.07, 6.45) is 0.314. The normalized spacial score (nSPS) is 14.0. The van der Waals surface area contributed by atoms with E-state index in [4.69, 9.17) is 11.6 Å². The third kappa shape index (κ3) is 4.94. The lowest BCUT2D eigenvalue weighted by Crippen LogP contribution is -2.51. The zero-order chi connectivity index (χ0) is 22.0. The number of rotatable bonds is 4. The second kappa shape index (κ2) is 9.16. The molecule has 31 heavy (non-hydrogen) atoms. The molecule has 4 rings (SSSR count). The van der Waals surface area contributed by atoms with Gasteiger partial charge in [0.1, 0.15) is 5.82 Å². The van der Waals surface area contributed by atoms with Crippen molar-refractivity contribution in [3.63, 3.8) is 0 Å². The van der Waals surface area contributed by atoms with E-state index in [0.717, 1.165) is 27.9 Å². The van der Waals surface area contributed by atoms with Gasteiger partial charge in [0, 0.05) is 37.1 Å². The molecule has 1 aliphatic rings. The second-order valence-corrected chi connectivity index (χ2v) is 8.89. The predicted octanol–water partition coefficient (Wildman–Crippen LogP) is 4.44. The molecule has 8 heteroatoms. The molecule has 0 unspecified atom stereocenters. The minimum atomic E-state index is -0.480. The first kappa shape index (κ1) is 21.5. The number of carbonyl (C=O) groups is 2. The van der Waals surface area contributed by atoms with Crippen molar-refractivity contribution in [2.24, 2.45) is 0 Å². The van der Waals surface area contributed by atoms with Crippen LogP contribution >= 0.6 is 22.9 Å². The van der Waals surface area contributed by atoms with Crippen LogP contribution in [0.5, 0.6) is 0 Å². The highest BCUT2D eigenvalue weighted by Crippen LogP contribution is 2.23. The summed E-state index contributed by atoms with van der Waals surface area (Å²) in [5, 5.41) is 3.14. The topological polar surface area (TPSA) is 53.5 Å². The molecule has 0 spiro atoms. The van der Waals surface area contributed by atoms with Crippen LogP contribution in [-0.4, -0.2) is 52.8 Å². The summed E-state index contributed by atoms with van der Waals surface area (Å²) < 4.78 is 13.2. The van der Waals surface area contributed by atoms with E-state index in [1.54, 1.807) is 21.1 Å². The molecule has 2 aromatic carbocycles. The number of halogens is 2. The monoisotopic (exact) mass is 457 g/mol. The fraction of sp³-hybridized carbons (Fsp3) is 0.261. The van der Waals surface area contributed by atoms with E-state index in [-0.39, 0.29) is 22.4 Å². The van der Waals surface area contributed by atoms with Gasteiger partial charge in [0.15, 0.2) is 0 Å². The fourth-order valence-corrected chi connectivity index (χ4v) is 4.44. The quantitative estimate of drug-likeness (QED) is 0.582. The van der Waals surface area contributed by atoms with Gasteiger partial charge < -0.3 is 9.80 Å². The summed E-state index contributed by atoms with van der Waals surface area (Å²) >= 11 is 7.62.